The maximum atomic E-state index is 12.0. The van der Waals surface area contributed by atoms with Gasteiger partial charge in [0, 0.05) is 53.1 Å². The second kappa shape index (κ2) is 8.78. The monoisotopic (exact) mass is 399 g/mol. The largest absolute Gasteiger partial charge is 0.388 e. The van der Waals surface area contributed by atoms with Crippen LogP contribution in [0.25, 0.3) is 17.2 Å². The molecule has 0 amide bonds. The van der Waals surface area contributed by atoms with E-state index in [0.29, 0.717) is 11.5 Å². The van der Waals surface area contributed by atoms with E-state index in [0.717, 1.165) is 35.4 Å². The Bertz CT molecular complexity index is 1040. The van der Waals surface area contributed by atoms with Crippen molar-refractivity contribution < 1.29 is 4.79 Å². The summed E-state index contributed by atoms with van der Waals surface area (Å²) in [5, 5.41) is 3.40. The van der Waals surface area contributed by atoms with E-state index in [1.807, 2.05) is 25.3 Å². The van der Waals surface area contributed by atoms with Crippen LogP contribution in [0.3, 0.4) is 0 Å². The Labute approximate surface area is 178 Å². The van der Waals surface area contributed by atoms with Crippen molar-refractivity contribution in [3.8, 4) is 0 Å². The molecule has 4 heteroatoms. The molecule has 1 fully saturated rings. The first-order valence-electron chi connectivity index (χ1n) is 10.8. The summed E-state index contributed by atoms with van der Waals surface area (Å²) < 4.78 is 0. The Hall–Kier alpha value is -3.01. The molecule has 0 bridgehead atoms. The zero-order valence-corrected chi connectivity index (χ0v) is 18.0. The maximum absolute atomic E-state index is 12.0. The quantitative estimate of drug-likeness (QED) is 0.496. The molecule has 2 aromatic rings. The van der Waals surface area contributed by atoms with Gasteiger partial charge < -0.3 is 5.32 Å². The van der Waals surface area contributed by atoms with E-state index in [-0.39, 0.29) is 0 Å². The fraction of sp³-hybridized carbons (Fsp3) is 0.346. The first kappa shape index (κ1) is 20.3. The summed E-state index contributed by atoms with van der Waals surface area (Å²) in [6, 6.07) is 8.35. The van der Waals surface area contributed by atoms with E-state index in [2.05, 4.69) is 41.3 Å². The number of benzene rings is 1. The molecule has 154 valence electrons. The lowest BCUT2D eigenvalue weighted by Gasteiger charge is -2.21. The number of aromatic nitrogens is 1. The second-order valence-corrected chi connectivity index (χ2v) is 8.27. The highest BCUT2D eigenvalue weighted by Crippen LogP contribution is 2.41. The van der Waals surface area contributed by atoms with Gasteiger partial charge in [0.15, 0.2) is 6.29 Å². The van der Waals surface area contributed by atoms with Gasteiger partial charge in [-0.2, -0.15) is 0 Å². The van der Waals surface area contributed by atoms with Crippen LogP contribution in [0.2, 0.25) is 0 Å². The van der Waals surface area contributed by atoms with Crippen LogP contribution in [0.15, 0.2) is 47.2 Å². The molecule has 0 unspecified atom stereocenters. The SMILES string of the molecule is CNc1cc(C2=C(C)CN=C2C)cc(C2CCCC2)c1/C=C(\C=O)c1cccnc1. The number of allylic oxidation sites excluding steroid dienone is 2. The zero-order chi connectivity index (χ0) is 21.1. The predicted octanol–water partition coefficient (Wildman–Crippen LogP) is 5.77. The summed E-state index contributed by atoms with van der Waals surface area (Å²) in [6.45, 7) is 5.05. The van der Waals surface area contributed by atoms with Crippen molar-refractivity contribution in [2.75, 3.05) is 18.9 Å². The summed E-state index contributed by atoms with van der Waals surface area (Å²) in [7, 11) is 1.95. The van der Waals surface area contributed by atoms with Crippen LogP contribution in [0.1, 0.15) is 67.7 Å². The molecule has 2 aliphatic rings. The van der Waals surface area contributed by atoms with Crippen LogP contribution >= 0.6 is 0 Å². The fourth-order valence-corrected chi connectivity index (χ4v) is 4.80. The van der Waals surface area contributed by atoms with Gasteiger partial charge in [0.05, 0.1) is 6.54 Å². The molecule has 1 aliphatic carbocycles. The van der Waals surface area contributed by atoms with Crippen molar-refractivity contribution >= 4 is 34.9 Å². The Morgan fingerprint density at radius 3 is 2.60 bits per heavy atom. The van der Waals surface area contributed by atoms with Crippen molar-refractivity contribution in [3.05, 3.63) is 64.5 Å². The van der Waals surface area contributed by atoms with Crippen LogP contribution in [0, 0.1) is 0 Å². The van der Waals surface area contributed by atoms with E-state index in [4.69, 9.17) is 0 Å². The molecule has 1 saturated carbocycles. The van der Waals surface area contributed by atoms with Crippen LogP contribution in [-0.4, -0.2) is 30.6 Å². The fourth-order valence-electron chi connectivity index (χ4n) is 4.80. The van der Waals surface area contributed by atoms with Crippen molar-refractivity contribution in [3.63, 3.8) is 0 Å². The number of aldehydes is 1. The molecular formula is C26H29N3O. The Morgan fingerprint density at radius 2 is 2.00 bits per heavy atom. The minimum atomic E-state index is 0.518. The van der Waals surface area contributed by atoms with Gasteiger partial charge in [0.2, 0.25) is 0 Å². The first-order valence-corrected chi connectivity index (χ1v) is 10.8. The van der Waals surface area contributed by atoms with E-state index in [9.17, 15) is 4.79 Å². The van der Waals surface area contributed by atoms with Gasteiger partial charge in [-0.3, -0.25) is 14.8 Å². The van der Waals surface area contributed by atoms with Crippen molar-refractivity contribution in [2.45, 2.75) is 45.4 Å². The smallest absolute Gasteiger partial charge is 0.150 e. The van der Waals surface area contributed by atoms with Crippen LogP contribution in [-0.2, 0) is 4.79 Å². The van der Waals surface area contributed by atoms with E-state index >= 15 is 0 Å². The number of aliphatic imine (C=N–C) groups is 1. The molecule has 4 nitrogen and oxygen atoms in total. The molecule has 1 aromatic carbocycles. The summed E-state index contributed by atoms with van der Waals surface area (Å²) in [5.74, 6) is 0.518. The molecule has 0 radical (unpaired) electrons. The summed E-state index contributed by atoms with van der Waals surface area (Å²) in [6.07, 6.45) is 11.4. The topological polar surface area (TPSA) is 54.4 Å². The minimum Gasteiger partial charge on any atom is -0.388 e. The first-order chi connectivity index (χ1) is 14.6. The Balaban J connectivity index is 1.91. The molecule has 1 N–H and O–H groups in total. The molecule has 1 aromatic heterocycles. The standard InChI is InChI=1S/C26H29N3O/c1-17-14-29-18(2)26(17)21-11-23(19-7-4-5-8-19)24(25(13-21)27-3)12-22(16-30)20-9-6-10-28-15-20/h6,9-13,15-16,19,27H,4-5,7-8,14H2,1-3H3/b22-12+. The van der Waals surface area contributed by atoms with Crippen molar-refractivity contribution in [2.24, 2.45) is 4.99 Å². The molecule has 0 saturated heterocycles. The number of hydrogen-bond acceptors (Lipinski definition) is 4. The summed E-state index contributed by atoms with van der Waals surface area (Å²) >= 11 is 0. The molecular weight excluding hydrogens is 370 g/mol. The number of anilines is 1. The lowest BCUT2D eigenvalue weighted by Crippen LogP contribution is -2.05. The number of carbonyl (C=O) groups is 1. The van der Waals surface area contributed by atoms with Gasteiger partial charge >= 0.3 is 0 Å². The van der Waals surface area contributed by atoms with E-state index in [1.165, 1.54) is 48.0 Å². The highest BCUT2D eigenvalue weighted by Gasteiger charge is 2.24. The number of carbonyl (C=O) groups excluding carboxylic acids is 1. The number of nitrogens with zero attached hydrogens (tertiary/aromatic N) is 2. The second-order valence-electron chi connectivity index (χ2n) is 8.27. The Kier molecular flexibility index (Phi) is 5.93. The normalized spacial score (nSPS) is 17.4. The number of nitrogens with one attached hydrogen (secondary N) is 1. The van der Waals surface area contributed by atoms with Crippen LogP contribution < -0.4 is 5.32 Å². The van der Waals surface area contributed by atoms with Gasteiger partial charge in [0.25, 0.3) is 0 Å². The van der Waals surface area contributed by atoms with Crippen molar-refractivity contribution in [1.29, 1.82) is 0 Å². The van der Waals surface area contributed by atoms with E-state index in [1.54, 1.807) is 12.4 Å². The van der Waals surface area contributed by atoms with Gasteiger partial charge in [-0.15, -0.1) is 0 Å². The lowest BCUT2D eigenvalue weighted by atomic mass is 9.86. The predicted molar refractivity (Wildman–Crippen MR) is 126 cm³/mol. The number of rotatable bonds is 6. The molecule has 30 heavy (non-hydrogen) atoms. The number of pyridine rings is 1. The third kappa shape index (κ3) is 3.87. The van der Waals surface area contributed by atoms with Gasteiger partial charge in [-0.25, -0.2) is 0 Å². The molecule has 0 spiro atoms. The highest BCUT2D eigenvalue weighted by molar-refractivity contribution is 6.25. The highest BCUT2D eigenvalue weighted by atomic mass is 16.1. The summed E-state index contributed by atoms with van der Waals surface area (Å²) in [5.41, 5.74) is 9.92. The number of hydrogen-bond donors (Lipinski definition) is 1. The van der Waals surface area contributed by atoms with Crippen LogP contribution in [0.5, 0.6) is 0 Å². The molecule has 4 rings (SSSR count). The maximum Gasteiger partial charge on any atom is 0.150 e. The van der Waals surface area contributed by atoms with E-state index < -0.39 is 0 Å². The Morgan fingerprint density at radius 1 is 1.20 bits per heavy atom. The zero-order valence-electron chi connectivity index (χ0n) is 18.0. The minimum absolute atomic E-state index is 0.518. The average molecular weight is 400 g/mol. The molecule has 0 atom stereocenters. The molecule has 1 aliphatic heterocycles. The molecule has 2 heterocycles. The van der Waals surface area contributed by atoms with Gasteiger partial charge in [-0.1, -0.05) is 25.0 Å². The average Bonchev–Trinajstić information content (AvgIpc) is 3.42. The van der Waals surface area contributed by atoms with Crippen molar-refractivity contribution in [1.82, 2.24) is 4.98 Å². The lowest BCUT2D eigenvalue weighted by molar-refractivity contribution is -0.103. The van der Waals surface area contributed by atoms with Gasteiger partial charge in [-0.05, 0) is 67.5 Å². The third-order valence-electron chi connectivity index (χ3n) is 6.33. The third-order valence-corrected chi connectivity index (χ3v) is 6.33. The van der Waals surface area contributed by atoms with Gasteiger partial charge in [0.1, 0.15) is 0 Å². The van der Waals surface area contributed by atoms with Crippen LogP contribution in [0.4, 0.5) is 5.69 Å². The summed E-state index contributed by atoms with van der Waals surface area (Å²) in [4.78, 5) is 20.8.